The third-order valence-corrected chi connectivity index (χ3v) is 5.02. The van der Waals surface area contributed by atoms with Gasteiger partial charge in [-0.25, -0.2) is 0 Å². The van der Waals surface area contributed by atoms with E-state index < -0.39 is 0 Å². The lowest BCUT2D eigenvalue weighted by molar-refractivity contribution is -0.121. The van der Waals surface area contributed by atoms with E-state index in [0.29, 0.717) is 19.4 Å². The van der Waals surface area contributed by atoms with Crippen molar-refractivity contribution in [3.05, 3.63) is 47.9 Å². The van der Waals surface area contributed by atoms with Gasteiger partial charge in [0, 0.05) is 13.0 Å². The number of carbonyl (C=O) groups excluding carboxylic acids is 1. The molecule has 0 bridgehead atoms. The highest BCUT2D eigenvalue weighted by molar-refractivity contribution is 5.76. The molecule has 2 aliphatic rings. The van der Waals surface area contributed by atoms with Gasteiger partial charge in [-0.2, -0.15) is 0 Å². The zero-order chi connectivity index (χ0) is 17.8. The number of carbonyl (C=O) groups is 1. The normalized spacial score (nSPS) is 17.4. The molecule has 138 valence electrons. The van der Waals surface area contributed by atoms with Crippen molar-refractivity contribution < 1.29 is 18.7 Å². The van der Waals surface area contributed by atoms with Crippen molar-refractivity contribution >= 4 is 5.91 Å². The first-order chi connectivity index (χ1) is 12.8. The van der Waals surface area contributed by atoms with E-state index in [0.717, 1.165) is 35.9 Å². The van der Waals surface area contributed by atoms with E-state index in [4.69, 9.17) is 13.9 Å². The van der Waals surface area contributed by atoms with Crippen molar-refractivity contribution in [3.8, 4) is 11.5 Å². The lowest BCUT2D eigenvalue weighted by atomic mass is 10.1. The summed E-state index contributed by atoms with van der Waals surface area (Å²) in [5.41, 5.74) is 1.08. The number of fused-ring (bicyclic) bond motifs is 1. The van der Waals surface area contributed by atoms with E-state index >= 15 is 0 Å². The van der Waals surface area contributed by atoms with Gasteiger partial charge in [-0.1, -0.05) is 6.07 Å². The molecule has 0 radical (unpaired) electrons. The van der Waals surface area contributed by atoms with Crippen LogP contribution in [0.25, 0.3) is 0 Å². The minimum absolute atomic E-state index is 0.0541. The number of benzene rings is 1. The number of likely N-dealkylation sites (tertiary alicyclic amines) is 1. The average molecular weight is 356 g/mol. The van der Waals surface area contributed by atoms with Crippen LogP contribution in [0, 0.1) is 0 Å². The summed E-state index contributed by atoms with van der Waals surface area (Å²) >= 11 is 0. The molecule has 6 heteroatoms. The fourth-order valence-electron chi connectivity index (χ4n) is 3.60. The molecule has 2 aromatic rings. The smallest absolute Gasteiger partial charge is 0.231 e. The Balaban J connectivity index is 1.29. The molecule has 4 rings (SSSR count). The molecule has 1 atom stereocenters. The Morgan fingerprint density at radius 2 is 2.00 bits per heavy atom. The zero-order valence-electron chi connectivity index (χ0n) is 14.8. The fourth-order valence-corrected chi connectivity index (χ4v) is 3.60. The van der Waals surface area contributed by atoms with Gasteiger partial charge in [0.2, 0.25) is 12.7 Å². The Kier molecular flexibility index (Phi) is 5.11. The van der Waals surface area contributed by atoms with Crippen LogP contribution in [0.1, 0.15) is 36.6 Å². The van der Waals surface area contributed by atoms with Crippen LogP contribution in [0.2, 0.25) is 0 Å². The van der Waals surface area contributed by atoms with E-state index in [1.807, 2.05) is 30.3 Å². The summed E-state index contributed by atoms with van der Waals surface area (Å²) in [6.45, 7) is 2.95. The van der Waals surface area contributed by atoms with Crippen molar-refractivity contribution in [1.82, 2.24) is 10.2 Å². The molecule has 6 nitrogen and oxygen atoms in total. The Bertz CT molecular complexity index is 738. The highest BCUT2D eigenvalue weighted by Gasteiger charge is 2.25. The SMILES string of the molecule is O=C(CCc1ccc2c(c1)OCO2)NCC(c1ccco1)N1CCCC1. The van der Waals surface area contributed by atoms with Crippen molar-refractivity contribution in [1.29, 1.82) is 0 Å². The zero-order valence-corrected chi connectivity index (χ0v) is 14.8. The summed E-state index contributed by atoms with van der Waals surface area (Å²) in [6.07, 6.45) is 5.23. The minimum Gasteiger partial charge on any atom is -0.468 e. The molecule has 1 N–H and O–H groups in total. The topological polar surface area (TPSA) is 63.9 Å². The summed E-state index contributed by atoms with van der Waals surface area (Å²) in [6, 6.07) is 9.83. The Hall–Kier alpha value is -2.47. The highest BCUT2D eigenvalue weighted by atomic mass is 16.7. The number of ether oxygens (including phenoxy) is 2. The number of hydrogen-bond acceptors (Lipinski definition) is 5. The van der Waals surface area contributed by atoms with Crippen LogP contribution in [0.3, 0.4) is 0 Å². The summed E-state index contributed by atoms with van der Waals surface area (Å²) < 4.78 is 16.3. The molecular weight excluding hydrogens is 332 g/mol. The summed E-state index contributed by atoms with van der Waals surface area (Å²) in [4.78, 5) is 14.7. The molecule has 0 aliphatic carbocycles. The minimum atomic E-state index is 0.0541. The third-order valence-electron chi connectivity index (χ3n) is 5.02. The number of hydrogen-bond donors (Lipinski definition) is 1. The molecule has 0 spiro atoms. The lowest BCUT2D eigenvalue weighted by Crippen LogP contribution is -2.36. The Morgan fingerprint density at radius 3 is 2.81 bits per heavy atom. The van der Waals surface area contributed by atoms with Crippen LogP contribution < -0.4 is 14.8 Å². The maximum atomic E-state index is 12.3. The van der Waals surface area contributed by atoms with Crippen molar-refractivity contribution in [3.63, 3.8) is 0 Å². The number of furan rings is 1. The molecule has 1 unspecified atom stereocenters. The second kappa shape index (κ2) is 7.83. The van der Waals surface area contributed by atoms with E-state index in [-0.39, 0.29) is 18.7 Å². The van der Waals surface area contributed by atoms with Gasteiger partial charge in [0.15, 0.2) is 11.5 Å². The lowest BCUT2D eigenvalue weighted by Gasteiger charge is -2.26. The van der Waals surface area contributed by atoms with Crippen molar-refractivity contribution in [2.75, 3.05) is 26.4 Å². The molecule has 0 saturated carbocycles. The van der Waals surface area contributed by atoms with Crippen LogP contribution in [0.15, 0.2) is 41.0 Å². The number of aryl methyl sites for hydroxylation is 1. The van der Waals surface area contributed by atoms with Crippen molar-refractivity contribution in [2.45, 2.75) is 31.7 Å². The average Bonchev–Trinajstić information content (AvgIpc) is 3.41. The van der Waals surface area contributed by atoms with Gasteiger partial charge < -0.3 is 19.2 Å². The first-order valence-corrected chi connectivity index (χ1v) is 9.22. The molecule has 1 fully saturated rings. The van der Waals surface area contributed by atoms with Gasteiger partial charge in [0.25, 0.3) is 0 Å². The van der Waals surface area contributed by atoms with E-state index in [1.165, 1.54) is 12.8 Å². The maximum Gasteiger partial charge on any atom is 0.231 e. The van der Waals surface area contributed by atoms with Gasteiger partial charge in [0.05, 0.1) is 12.3 Å². The predicted molar refractivity (Wildman–Crippen MR) is 96.2 cm³/mol. The van der Waals surface area contributed by atoms with Gasteiger partial charge in [-0.3, -0.25) is 9.69 Å². The van der Waals surface area contributed by atoms with Crippen LogP contribution in [0.4, 0.5) is 0 Å². The third kappa shape index (κ3) is 3.85. The first-order valence-electron chi connectivity index (χ1n) is 9.22. The molecule has 1 aromatic carbocycles. The van der Waals surface area contributed by atoms with Crippen LogP contribution in [0.5, 0.6) is 11.5 Å². The van der Waals surface area contributed by atoms with Gasteiger partial charge >= 0.3 is 0 Å². The summed E-state index contributed by atoms with van der Waals surface area (Å²) in [7, 11) is 0. The summed E-state index contributed by atoms with van der Waals surface area (Å²) in [5.74, 6) is 2.50. The number of amides is 1. The van der Waals surface area contributed by atoms with Gasteiger partial charge in [-0.05, 0) is 62.2 Å². The number of nitrogens with zero attached hydrogens (tertiary/aromatic N) is 1. The quantitative estimate of drug-likeness (QED) is 0.826. The van der Waals surface area contributed by atoms with Crippen molar-refractivity contribution in [2.24, 2.45) is 0 Å². The van der Waals surface area contributed by atoms with E-state index in [1.54, 1.807) is 6.26 Å². The summed E-state index contributed by atoms with van der Waals surface area (Å²) in [5, 5.41) is 3.07. The molecule has 26 heavy (non-hydrogen) atoms. The van der Waals surface area contributed by atoms with Crippen LogP contribution >= 0.6 is 0 Å². The monoisotopic (exact) mass is 356 g/mol. The number of rotatable bonds is 7. The van der Waals surface area contributed by atoms with E-state index in [9.17, 15) is 4.79 Å². The van der Waals surface area contributed by atoms with E-state index in [2.05, 4.69) is 10.2 Å². The standard InChI is InChI=1S/C20H24N2O4/c23-20(8-6-15-5-7-18-19(12-15)26-14-25-18)21-13-16(17-4-3-11-24-17)22-9-1-2-10-22/h3-5,7,11-12,16H,1-2,6,8-10,13-14H2,(H,21,23). The van der Waals surface area contributed by atoms with Gasteiger partial charge in [-0.15, -0.1) is 0 Å². The Labute approximate surface area is 153 Å². The highest BCUT2D eigenvalue weighted by Crippen LogP contribution is 2.32. The fraction of sp³-hybridized carbons (Fsp3) is 0.450. The molecule has 1 aromatic heterocycles. The largest absolute Gasteiger partial charge is 0.468 e. The second-order valence-corrected chi connectivity index (χ2v) is 6.77. The number of nitrogens with one attached hydrogen (secondary N) is 1. The molecule has 1 amide bonds. The molecule has 2 aliphatic heterocycles. The first kappa shape index (κ1) is 17.0. The maximum absolute atomic E-state index is 12.3. The van der Waals surface area contributed by atoms with Crippen LogP contribution in [-0.4, -0.2) is 37.2 Å². The molecular formula is C20H24N2O4. The Morgan fingerprint density at radius 1 is 1.15 bits per heavy atom. The molecule has 1 saturated heterocycles. The van der Waals surface area contributed by atoms with Gasteiger partial charge in [0.1, 0.15) is 5.76 Å². The second-order valence-electron chi connectivity index (χ2n) is 6.77. The predicted octanol–water partition coefficient (Wildman–Crippen LogP) is 2.89. The molecule has 3 heterocycles. The van der Waals surface area contributed by atoms with Crippen LogP contribution in [-0.2, 0) is 11.2 Å².